The maximum atomic E-state index is 12.3. The molecule has 0 unspecified atom stereocenters. The number of carbonyl (C=O) groups excluding carboxylic acids is 2. The topological polar surface area (TPSA) is 106 Å². The van der Waals surface area contributed by atoms with Crippen molar-refractivity contribution < 1.29 is 9.59 Å². The molecule has 2 N–H and O–H groups in total. The van der Waals surface area contributed by atoms with E-state index in [0.717, 1.165) is 10.2 Å². The first-order chi connectivity index (χ1) is 13.1. The molecular weight excluding hydrogens is 346 g/mol. The van der Waals surface area contributed by atoms with E-state index in [2.05, 4.69) is 20.9 Å². The standard InChI is InChI=1S/C19H19N5O3/c25-17(20-11-10-14-6-2-1-3-7-14)12-21-18(26)13-24-19(27)15-8-4-5-9-16(15)22-23-24/h1-9H,10-13H2,(H,20,25)(H,21,26). The van der Waals surface area contributed by atoms with Crippen LogP contribution >= 0.6 is 0 Å². The Morgan fingerprint density at radius 1 is 0.926 bits per heavy atom. The maximum Gasteiger partial charge on any atom is 0.278 e. The van der Waals surface area contributed by atoms with Gasteiger partial charge in [-0.3, -0.25) is 14.4 Å². The average Bonchev–Trinajstić information content (AvgIpc) is 2.69. The van der Waals surface area contributed by atoms with Gasteiger partial charge in [-0.25, -0.2) is 4.68 Å². The van der Waals surface area contributed by atoms with Crippen molar-refractivity contribution in [1.82, 2.24) is 25.6 Å². The van der Waals surface area contributed by atoms with Gasteiger partial charge in [-0.05, 0) is 24.1 Å². The summed E-state index contributed by atoms with van der Waals surface area (Å²) in [7, 11) is 0. The lowest BCUT2D eigenvalue weighted by molar-refractivity contribution is -0.126. The quantitative estimate of drug-likeness (QED) is 0.625. The van der Waals surface area contributed by atoms with Crippen LogP contribution in [-0.2, 0) is 22.6 Å². The van der Waals surface area contributed by atoms with Crippen LogP contribution < -0.4 is 16.2 Å². The lowest BCUT2D eigenvalue weighted by atomic mass is 10.1. The number of benzene rings is 2. The third kappa shape index (κ3) is 4.97. The summed E-state index contributed by atoms with van der Waals surface area (Å²) >= 11 is 0. The zero-order chi connectivity index (χ0) is 19.1. The van der Waals surface area contributed by atoms with E-state index in [1.54, 1.807) is 24.3 Å². The Morgan fingerprint density at radius 3 is 2.48 bits per heavy atom. The van der Waals surface area contributed by atoms with Crippen molar-refractivity contribution in [1.29, 1.82) is 0 Å². The molecule has 8 nitrogen and oxygen atoms in total. The number of amides is 2. The summed E-state index contributed by atoms with van der Waals surface area (Å²) < 4.78 is 0.977. The Bertz CT molecular complexity index is 1000. The minimum absolute atomic E-state index is 0.163. The average molecular weight is 365 g/mol. The van der Waals surface area contributed by atoms with Gasteiger partial charge in [0.15, 0.2) is 0 Å². The minimum Gasteiger partial charge on any atom is -0.354 e. The van der Waals surface area contributed by atoms with Gasteiger partial charge in [-0.15, -0.1) is 5.10 Å². The second-order valence-corrected chi connectivity index (χ2v) is 5.93. The number of hydrogen-bond acceptors (Lipinski definition) is 5. The molecule has 138 valence electrons. The number of rotatable bonds is 7. The van der Waals surface area contributed by atoms with Gasteiger partial charge in [0, 0.05) is 6.54 Å². The van der Waals surface area contributed by atoms with Crippen molar-refractivity contribution in [3.8, 4) is 0 Å². The molecule has 2 aromatic carbocycles. The van der Waals surface area contributed by atoms with Crippen molar-refractivity contribution in [2.24, 2.45) is 0 Å². The van der Waals surface area contributed by atoms with Crippen molar-refractivity contribution >= 4 is 22.7 Å². The molecule has 0 aliphatic rings. The Labute approximate surface area is 155 Å². The SMILES string of the molecule is O=C(CNC(=O)Cn1nnc2ccccc2c1=O)NCCc1ccccc1. The van der Waals surface area contributed by atoms with Crippen LogP contribution in [0, 0.1) is 0 Å². The Kier molecular flexibility index (Phi) is 5.88. The van der Waals surface area contributed by atoms with Crippen LogP contribution in [-0.4, -0.2) is 39.9 Å². The first-order valence-corrected chi connectivity index (χ1v) is 8.53. The molecule has 0 spiro atoms. The van der Waals surface area contributed by atoms with Crippen LogP contribution in [0.5, 0.6) is 0 Å². The highest BCUT2D eigenvalue weighted by Crippen LogP contribution is 2.03. The Hall–Kier alpha value is -3.55. The molecule has 3 aromatic rings. The molecule has 0 saturated heterocycles. The lowest BCUT2D eigenvalue weighted by Gasteiger charge is -2.08. The summed E-state index contributed by atoms with van der Waals surface area (Å²) in [4.78, 5) is 36.1. The number of nitrogens with zero attached hydrogens (tertiary/aromatic N) is 3. The fraction of sp³-hybridized carbons (Fsp3) is 0.211. The van der Waals surface area contributed by atoms with E-state index in [0.29, 0.717) is 23.9 Å². The normalized spacial score (nSPS) is 10.5. The van der Waals surface area contributed by atoms with E-state index in [4.69, 9.17) is 0 Å². The summed E-state index contributed by atoms with van der Waals surface area (Å²) in [6.45, 7) is 0.0195. The minimum atomic E-state index is -0.486. The summed E-state index contributed by atoms with van der Waals surface area (Å²) in [5, 5.41) is 13.3. The van der Waals surface area contributed by atoms with Crippen molar-refractivity contribution in [2.45, 2.75) is 13.0 Å². The van der Waals surface area contributed by atoms with Gasteiger partial charge < -0.3 is 10.6 Å². The monoisotopic (exact) mass is 365 g/mol. The van der Waals surface area contributed by atoms with E-state index in [9.17, 15) is 14.4 Å². The van der Waals surface area contributed by atoms with Gasteiger partial charge in [0.1, 0.15) is 12.1 Å². The number of hydrogen-bond donors (Lipinski definition) is 2. The van der Waals surface area contributed by atoms with Gasteiger partial charge >= 0.3 is 0 Å². The predicted molar refractivity (Wildman–Crippen MR) is 100.0 cm³/mol. The van der Waals surface area contributed by atoms with Crippen molar-refractivity contribution in [3.63, 3.8) is 0 Å². The van der Waals surface area contributed by atoms with Crippen LogP contribution in [0.2, 0.25) is 0 Å². The molecule has 2 amide bonds. The van der Waals surface area contributed by atoms with Gasteiger partial charge in [0.25, 0.3) is 5.56 Å². The fourth-order valence-corrected chi connectivity index (χ4v) is 2.55. The largest absolute Gasteiger partial charge is 0.354 e. The molecule has 0 aliphatic carbocycles. The highest BCUT2D eigenvalue weighted by molar-refractivity contribution is 5.84. The summed E-state index contributed by atoms with van der Waals surface area (Å²) in [5.41, 5.74) is 1.19. The van der Waals surface area contributed by atoms with Gasteiger partial charge in [0.2, 0.25) is 11.8 Å². The second kappa shape index (κ2) is 8.70. The molecule has 0 saturated carbocycles. The smallest absolute Gasteiger partial charge is 0.278 e. The second-order valence-electron chi connectivity index (χ2n) is 5.93. The molecular formula is C19H19N5O3. The molecule has 1 aromatic heterocycles. The van der Waals surface area contributed by atoms with Crippen LogP contribution in [0.25, 0.3) is 10.9 Å². The van der Waals surface area contributed by atoms with Crippen molar-refractivity contribution in [3.05, 3.63) is 70.5 Å². The summed E-state index contributed by atoms with van der Waals surface area (Å²) in [6, 6.07) is 16.5. The molecule has 0 radical (unpaired) electrons. The Balaban J connectivity index is 1.46. The maximum absolute atomic E-state index is 12.3. The first kappa shape index (κ1) is 18.2. The van der Waals surface area contributed by atoms with Crippen LogP contribution in [0.4, 0.5) is 0 Å². The molecule has 8 heteroatoms. The number of carbonyl (C=O) groups is 2. The van der Waals surface area contributed by atoms with E-state index in [-0.39, 0.29) is 19.0 Å². The molecule has 0 bridgehead atoms. The number of fused-ring (bicyclic) bond motifs is 1. The highest BCUT2D eigenvalue weighted by atomic mass is 16.2. The van der Waals surface area contributed by atoms with Crippen LogP contribution in [0.3, 0.4) is 0 Å². The van der Waals surface area contributed by atoms with E-state index in [1.165, 1.54) is 0 Å². The van der Waals surface area contributed by atoms with Gasteiger partial charge in [-0.1, -0.05) is 47.7 Å². The predicted octanol–water partition coefficient (Wildman–Crippen LogP) is 0.267. The third-order valence-electron chi connectivity index (χ3n) is 3.95. The van der Waals surface area contributed by atoms with Gasteiger partial charge in [-0.2, -0.15) is 0 Å². The zero-order valence-electron chi connectivity index (χ0n) is 14.6. The van der Waals surface area contributed by atoms with Crippen LogP contribution in [0.15, 0.2) is 59.4 Å². The fourth-order valence-electron chi connectivity index (χ4n) is 2.55. The molecule has 0 aliphatic heterocycles. The molecule has 1 heterocycles. The molecule has 3 rings (SSSR count). The molecule has 0 fully saturated rings. The van der Waals surface area contributed by atoms with Gasteiger partial charge in [0.05, 0.1) is 11.9 Å². The van der Waals surface area contributed by atoms with Crippen molar-refractivity contribution in [2.75, 3.05) is 13.1 Å². The first-order valence-electron chi connectivity index (χ1n) is 8.53. The molecule has 0 atom stereocenters. The third-order valence-corrected chi connectivity index (χ3v) is 3.95. The highest BCUT2D eigenvalue weighted by Gasteiger charge is 2.10. The van der Waals surface area contributed by atoms with E-state index >= 15 is 0 Å². The van der Waals surface area contributed by atoms with Crippen LogP contribution in [0.1, 0.15) is 5.56 Å². The summed E-state index contributed by atoms with van der Waals surface area (Å²) in [6.07, 6.45) is 0.711. The lowest BCUT2D eigenvalue weighted by Crippen LogP contribution is -2.40. The Morgan fingerprint density at radius 2 is 1.67 bits per heavy atom. The van der Waals surface area contributed by atoms with E-state index in [1.807, 2.05) is 30.3 Å². The molecule has 27 heavy (non-hydrogen) atoms. The van der Waals surface area contributed by atoms with E-state index < -0.39 is 11.5 Å². The zero-order valence-corrected chi connectivity index (χ0v) is 14.6. The summed E-state index contributed by atoms with van der Waals surface area (Å²) in [5.74, 6) is -0.781. The number of nitrogens with one attached hydrogen (secondary N) is 2. The number of aromatic nitrogens is 3.